The molecule has 0 aromatic carbocycles. The van der Waals surface area contributed by atoms with Crippen LogP contribution in [0.4, 0.5) is 0 Å². The van der Waals surface area contributed by atoms with Gasteiger partial charge in [-0.05, 0) is 0 Å². The van der Waals surface area contributed by atoms with Crippen LogP contribution in [0.25, 0.3) is 0 Å². The van der Waals surface area contributed by atoms with Crippen molar-refractivity contribution in [3.8, 4) is 0 Å². The number of hydrogen-bond donors (Lipinski definition) is 1. The Morgan fingerprint density at radius 2 is 2.14 bits per heavy atom. The minimum Gasteiger partial charge on any atom is -0.449 e. The monoisotopic (exact) mass is 222 g/mol. The Balaban J connectivity index is 2.09. The minimum atomic E-state index is -1.91. The lowest BCUT2D eigenvalue weighted by Crippen LogP contribution is -2.35. The fourth-order valence-corrected chi connectivity index (χ4v) is 1.85. The highest BCUT2D eigenvalue weighted by Gasteiger charge is 2.49. The average molecular weight is 222 g/mol. The molecule has 0 spiro atoms. The summed E-state index contributed by atoms with van der Waals surface area (Å²) in [6.07, 6.45) is -3.88. The fraction of sp³-hybridized carbons (Fsp3) is 0.667. The van der Waals surface area contributed by atoms with Crippen LogP contribution in [0, 0.1) is 0 Å². The Kier molecular flexibility index (Phi) is 2.35. The number of Topliss-reactive ketones (excluding diaryl/α,β-unsaturated/α-hetero) is 1. The van der Waals surface area contributed by atoms with Gasteiger partial charge in [0.15, 0.2) is 6.10 Å². The first-order valence-electron chi connectivity index (χ1n) is 3.74. The van der Waals surface area contributed by atoms with E-state index in [-0.39, 0.29) is 6.61 Å². The molecule has 2 aliphatic heterocycles. The van der Waals surface area contributed by atoms with Crippen LogP contribution in [0.5, 0.6) is 0 Å². The van der Waals surface area contributed by atoms with Crippen molar-refractivity contribution in [3.05, 3.63) is 0 Å². The summed E-state index contributed by atoms with van der Waals surface area (Å²) in [6, 6.07) is 0. The topological polar surface area (TPSA) is 99.1 Å². The van der Waals surface area contributed by atoms with Crippen molar-refractivity contribution in [2.75, 3.05) is 6.61 Å². The number of aliphatic hydroxyl groups is 1. The number of aliphatic hydroxyl groups excluding tert-OH is 1. The van der Waals surface area contributed by atoms with Gasteiger partial charge in [-0.1, -0.05) is 0 Å². The zero-order valence-electron chi connectivity index (χ0n) is 6.74. The molecule has 2 heterocycles. The summed E-state index contributed by atoms with van der Waals surface area (Å²) in [6.45, 7) is -0.108. The van der Waals surface area contributed by atoms with Crippen molar-refractivity contribution < 1.29 is 32.0 Å². The van der Waals surface area contributed by atoms with Crippen LogP contribution in [0.3, 0.4) is 0 Å². The van der Waals surface area contributed by atoms with E-state index in [1.54, 1.807) is 0 Å². The second kappa shape index (κ2) is 3.39. The van der Waals surface area contributed by atoms with Gasteiger partial charge in [0.05, 0.1) is 6.61 Å². The van der Waals surface area contributed by atoms with Gasteiger partial charge in [0.1, 0.15) is 6.10 Å². The van der Waals surface area contributed by atoms with E-state index >= 15 is 0 Å². The molecule has 0 bridgehead atoms. The second-order valence-electron chi connectivity index (χ2n) is 2.79. The largest absolute Gasteiger partial charge is 0.449 e. The number of rotatable bonds is 1. The van der Waals surface area contributed by atoms with Crippen molar-refractivity contribution in [2.45, 2.75) is 18.3 Å². The molecule has 0 aromatic heterocycles. The summed E-state index contributed by atoms with van der Waals surface area (Å²) in [7, 11) is 0. The molecular weight excluding hydrogens is 216 g/mol. The number of ketones is 1. The lowest BCUT2D eigenvalue weighted by molar-refractivity contribution is -0.149. The van der Waals surface area contributed by atoms with Gasteiger partial charge in [-0.15, -0.1) is 0 Å². The van der Waals surface area contributed by atoms with Crippen LogP contribution in [0.1, 0.15) is 0 Å². The molecule has 8 heteroatoms. The standard InChI is InChI=1S/C6H6O7S/c7-3-4(8)6(9)12-5(3)2-1-11-14(10)13-2/h2,4-5,8H,1H2. The van der Waals surface area contributed by atoms with Gasteiger partial charge in [0.2, 0.25) is 11.9 Å². The van der Waals surface area contributed by atoms with Gasteiger partial charge < -0.3 is 9.84 Å². The molecular formula is C6H6O7S. The third-order valence-corrected chi connectivity index (χ3v) is 2.62. The van der Waals surface area contributed by atoms with E-state index in [0.717, 1.165) is 0 Å². The van der Waals surface area contributed by atoms with Gasteiger partial charge in [-0.25, -0.2) is 4.79 Å². The van der Waals surface area contributed by atoms with Crippen molar-refractivity contribution >= 4 is 23.1 Å². The maximum absolute atomic E-state index is 11.2. The maximum Gasteiger partial charge on any atom is 0.343 e. The number of esters is 1. The van der Waals surface area contributed by atoms with Gasteiger partial charge in [-0.2, -0.15) is 4.21 Å². The first kappa shape index (κ1) is 9.71. The van der Waals surface area contributed by atoms with Crippen molar-refractivity contribution in [2.24, 2.45) is 0 Å². The van der Waals surface area contributed by atoms with Crippen LogP contribution < -0.4 is 0 Å². The smallest absolute Gasteiger partial charge is 0.343 e. The summed E-state index contributed by atoms with van der Waals surface area (Å²) in [4.78, 5) is 21.9. The summed E-state index contributed by atoms with van der Waals surface area (Å²) in [5.41, 5.74) is 0. The highest BCUT2D eigenvalue weighted by atomic mass is 32.2. The van der Waals surface area contributed by atoms with E-state index < -0.39 is 41.4 Å². The Morgan fingerprint density at radius 3 is 2.57 bits per heavy atom. The number of cyclic esters (lactones) is 1. The minimum absolute atomic E-state index is 0.108. The van der Waals surface area contributed by atoms with Crippen molar-refractivity contribution in [1.29, 1.82) is 0 Å². The van der Waals surface area contributed by atoms with E-state index in [1.165, 1.54) is 0 Å². The van der Waals surface area contributed by atoms with Crippen LogP contribution in [-0.4, -0.2) is 46.0 Å². The van der Waals surface area contributed by atoms with E-state index in [9.17, 15) is 13.8 Å². The highest BCUT2D eigenvalue weighted by Crippen LogP contribution is 2.21. The van der Waals surface area contributed by atoms with Crippen LogP contribution in [-0.2, 0) is 34.1 Å². The molecule has 0 radical (unpaired) electrons. The zero-order chi connectivity index (χ0) is 10.3. The number of carbonyl (C=O) groups excluding carboxylic acids is 2. The molecule has 2 saturated heterocycles. The fourth-order valence-electron chi connectivity index (χ4n) is 1.20. The Labute approximate surface area is 80.8 Å². The van der Waals surface area contributed by atoms with Crippen LogP contribution in [0.15, 0.2) is 0 Å². The maximum atomic E-state index is 11.2. The van der Waals surface area contributed by atoms with Gasteiger partial charge >= 0.3 is 17.3 Å². The summed E-state index contributed by atoms with van der Waals surface area (Å²) in [5, 5.41) is 8.97. The molecule has 7 nitrogen and oxygen atoms in total. The summed E-state index contributed by atoms with van der Waals surface area (Å²) >= 11 is -1.91. The Morgan fingerprint density at radius 1 is 1.43 bits per heavy atom. The third-order valence-electron chi connectivity index (χ3n) is 1.88. The zero-order valence-corrected chi connectivity index (χ0v) is 7.56. The average Bonchev–Trinajstić information content (AvgIpc) is 2.66. The normalized spacial score (nSPS) is 42.9. The lowest BCUT2D eigenvalue weighted by Gasteiger charge is -2.10. The number of hydrogen-bond acceptors (Lipinski definition) is 7. The quantitative estimate of drug-likeness (QED) is 0.398. The highest BCUT2D eigenvalue weighted by molar-refractivity contribution is 7.75. The molecule has 2 rings (SSSR count). The summed E-state index contributed by atoms with van der Waals surface area (Å²) in [5.74, 6) is -1.80. The molecule has 4 atom stereocenters. The molecule has 78 valence electrons. The van der Waals surface area contributed by atoms with Gasteiger partial charge in [0.25, 0.3) is 0 Å². The van der Waals surface area contributed by atoms with Crippen LogP contribution >= 0.6 is 0 Å². The molecule has 0 amide bonds. The number of carbonyl (C=O) groups is 2. The van der Waals surface area contributed by atoms with Crippen LogP contribution in [0.2, 0.25) is 0 Å². The van der Waals surface area contributed by atoms with E-state index in [2.05, 4.69) is 13.1 Å². The predicted molar refractivity (Wildman–Crippen MR) is 39.9 cm³/mol. The second-order valence-corrected chi connectivity index (χ2v) is 3.62. The number of ether oxygens (including phenoxy) is 1. The predicted octanol–water partition coefficient (Wildman–Crippen LogP) is -2.16. The molecule has 14 heavy (non-hydrogen) atoms. The summed E-state index contributed by atoms with van der Waals surface area (Å²) < 4.78 is 24.3. The molecule has 1 N–H and O–H groups in total. The van der Waals surface area contributed by atoms with E-state index in [0.29, 0.717) is 0 Å². The SMILES string of the molecule is O=C1OC(C2COS(=O)O2)C(=O)C1O. The Hall–Kier alpha value is -0.830. The van der Waals surface area contributed by atoms with Crippen molar-refractivity contribution in [1.82, 2.24) is 0 Å². The van der Waals surface area contributed by atoms with Crippen molar-refractivity contribution in [3.63, 3.8) is 0 Å². The molecule has 2 aliphatic rings. The molecule has 4 unspecified atom stereocenters. The lowest BCUT2D eigenvalue weighted by atomic mass is 10.1. The first-order valence-corrected chi connectivity index (χ1v) is 4.74. The van der Waals surface area contributed by atoms with Gasteiger partial charge in [0, 0.05) is 0 Å². The molecule has 0 aromatic rings. The molecule has 2 fully saturated rings. The van der Waals surface area contributed by atoms with Gasteiger partial charge in [-0.3, -0.25) is 13.2 Å². The van der Waals surface area contributed by atoms with E-state index in [1.807, 2.05) is 0 Å². The van der Waals surface area contributed by atoms with E-state index in [4.69, 9.17) is 5.11 Å². The first-order chi connectivity index (χ1) is 6.59. The molecule has 0 aliphatic carbocycles. The Bertz CT molecular complexity index is 313. The third kappa shape index (κ3) is 1.46. The molecule has 0 saturated carbocycles.